The van der Waals surface area contributed by atoms with E-state index in [1.54, 1.807) is 6.07 Å². The number of ether oxygens (including phenoxy) is 1. The maximum absolute atomic E-state index is 14.2. The van der Waals surface area contributed by atoms with E-state index in [2.05, 4.69) is 48.3 Å². The molecule has 0 bridgehead atoms. The Kier molecular flexibility index (Phi) is 9.47. The van der Waals surface area contributed by atoms with Crippen molar-refractivity contribution >= 4 is 39.0 Å². The summed E-state index contributed by atoms with van der Waals surface area (Å²) in [6.07, 6.45) is 0.961. The molecule has 2 rings (SSSR count). The number of thiocarbonyl (C=S) groups is 1. The van der Waals surface area contributed by atoms with E-state index in [0.717, 1.165) is 22.9 Å². The topological polar surface area (TPSA) is 96.5 Å². The van der Waals surface area contributed by atoms with E-state index in [0.29, 0.717) is 17.2 Å². The van der Waals surface area contributed by atoms with Crippen molar-refractivity contribution < 1.29 is 22.3 Å². The van der Waals surface area contributed by atoms with Gasteiger partial charge in [-0.1, -0.05) is 45.0 Å². The lowest BCUT2D eigenvalue weighted by atomic mass is 9.85. The minimum absolute atomic E-state index is 0.0622. The van der Waals surface area contributed by atoms with Crippen LogP contribution in [0.1, 0.15) is 63.8 Å². The molecule has 0 unspecified atom stereocenters. The van der Waals surface area contributed by atoms with Gasteiger partial charge in [-0.25, -0.2) is 12.8 Å². The number of hydrogen-bond donors (Lipinski definition) is 3. The molecule has 2 aromatic carbocycles. The van der Waals surface area contributed by atoms with Gasteiger partial charge in [-0.15, -0.1) is 0 Å². The predicted octanol–water partition coefficient (Wildman–Crippen LogP) is 4.75. The molecule has 0 saturated carbocycles. The highest BCUT2D eigenvalue weighted by molar-refractivity contribution is 7.92. The third-order valence-electron chi connectivity index (χ3n) is 5.26. The van der Waals surface area contributed by atoms with Gasteiger partial charge in [-0.3, -0.25) is 9.52 Å². The fourth-order valence-electron chi connectivity index (χ4n) is 3.13. The van der Waals surface area contributed by atoms with Crippen LogP contribution in [-0.2, 0) is 44.7 Å². The van der Waals surface area contributed by atoms with Crippen molar-refractivity contribution in [1.82, 2.24) is 10.6 Å². The van der Waals surface area contributed by atoms with Gasteiger partial charge in [0.25, 0.3) is 0 Å². The first kappa shape index (κ1) is 29.5. The SMILES string of the molecule is CC(C)(C)C(=O)OCc1cc(C(C)(C)C)ccc1CNC(=S)NCc1ccc(NS(C)(=O)=O)c(F)c1. The fourth-order valence-corrected chi connectivity index (χ4v) is 3.84. The van der Waals surface area contributed by atoms with Crippen LogP contribution in [-0.4, -0.2) is 25.8 Å². The Morgan fingerprint density at radius 2 is 1.61 bits per heavy atom. The predicted molar refractivity (Wildman–Crippen MR) is 146 cm³/mol. The monoisotopic (exact) mass is 537 g/mol. The van der Waals surface area contributed by atoms with E-state index >= 15 is 0 Å². The molecule has 2 aromatic rings. The molecule has 0 atom stereocenters. The van der Waals surface area contributed by atoms with Crippen LogP contribution >= 0.6 is 12.2 Å². The third kappa shape index (κ3) is 9.39. The molecule has 0 aliphatic carbocycles. The van der Waals surface area contributed by atoms with Gasteiger partial charge in [0.2, 0.25) is 10.0 Å². The van der Waals surface area contributed by atoms with E-state index in [4.69, 9.17) is 17.0 Å². The summed E-state index contributed by atoms with van der Waals surface area (Å²) in [4.78, 5) is 12.3. The van der Waals surface area contributed by atoms with E-state index < -0.39 is 21.3 Å². The van der Waals surface area contributed by atoms with Gasteiger partial charge >= 0.3 is 5.97 Å². The van der Waals surface area contributed by atoms with Crippen LogP contribution in [0.15, 0.2) is 36.4 Å². The highest BCUT2D eigenvalue weighted by Crippen LogP contribution is 2.26. The smallest absolute Gasteiger partial charge is 0.311 e. The van der Waals surface area contributed by atoms with Crippen LogP contribution in [0.25, 0.3) is 0 Å². The van der Waals surface area contributed by atoms with Crippen LogP contribution in [0.4, 0.5) is 10.1 Å². The number of halogens is 1. The zero-order valence-electron chi connectivity index (χ0n) is 21.9. The summed E-state index contributed by atoms with van der Waals surface area (Å²) in [5.41, 5.74) is 2.80. The minimum Gasteiger partial charge on any atom is -0.460 e. The van der Waals surface area contributed by atoms with E-state index in [9.17, 15) is 17.6 Å². The Balaban J connectivity index is 2.04. The van der Waals surface area contributed by atoms with Crippen molar-refractivity contribution in [1.29, 1.82) is 0 Å². The number of benzene rings is 2. The standard InChI is InChI=1S/C26H36FN3O4S2/c1-25(2,3)20-10-9-18(19(13-20)16-34-23(31)26(4,5)6)15-29-24(35)28-14-17-8-11-22(21(27)12-17)30-36(7,32)33/h8-13,30H,14-16H2,1-7H3,(H2,28,29,35). The second-order valence-electron chi connectivity index (χ2n) is 10.8. The van der Waals surface area contributed by atoms with Gasteiger partial charge < -0.3 is 15.4 Å². The van der Waals surface area contributed by atoms with Crippen molar-refractivity contribution in [2.45, 2.75) is 66.7 Å². The van der Waals surface area contributed by atoms with Crippen molar-refractivity contribution in [3.8, 4) is 0 Å². The zero-order valence-corrected chi connectivity index (χ0v) is 23.5. The van der Waals surface area contributed by atoms with Gasteiger partial charge in [0.1, 0.15) is 12.4 Å². The largest absolute Gasteiger partial charge is 0.460 e. The summed E-state index contributed by atoms with van der Waals surface area (Å²) in [6.45, 7) is 12.6. The third-order valence-corrected chi connectivity index (χ3v) is 6.14. The van der Waals surface area contributed by atoms with Gasteiger partial charge in [0, 0.05) is 13.1 Å². The van der Waals surface area contributed by atoms with E-state index in [-0.39, 0.29) is 30.2 Å². The molecule has 0 spiro atoms. The molecule has 0 aliphatic rings. The minimum atomic E-state index is -3.57. The number of esters is 1. The molecule has 0 heterocycles. The number of nitrogens with one attached hydrogen (secondary N) is 3. The lowest BCUT2D eigenvalue weighted by Gasteiger charge is -2.23. The summed E-state index contributed by atoms with van der Waals surface area (Å²) in [6, 6.07) is 10.3. The first-order valence-corrected chi connectivity index (χ1v) is 13.8. The van der Waals surface area contributed by atoms with Crippen molar-refractivity contribution in [2.75, 3.05) is 11.0 Å². The number of rotatable bonds is 8. The molecule has 0 amide bonds. The normalized spacial score (nSPS) is 12.1. The van der Waals surface area contributed by atoms with Gasteiger partial charge in [0.15, 0.2) is 5.11 Å². The molecular formula is C26H36FN3O4S2. The average molecular weight is 538 g/mol. The van der Waals surface area contributed by atoms with Crippen LogP contribution in [0.2, 0.25) is 0 Å². The number of carbonyl (C=O) groups is 1. The molecule has 0 saturated heterocycles. The maximum atomic E-state index is 14.2. The lowest BCUT2D eigenvalue weighted by molar-refractivity contribution is -0.154. The Bertz CT molecular complexity index is 1220. The van der Waals surface area contributed by atoms with E-state index in [1.165, 1.54) is 12.1 Å². The molecule has 0 radical (unpaired) electrons. The molecule has 0 aromatic heterocycles. The zero-order chi connectivity index (χ0) is 27.3. The Morgan fingerprint density at radius 3 is 2.17 bits per heavy atom. The molecular weight excluding hydrogens is 501 g/mol. The molecule has 0 fully saturated rings. The fraction of sp³-hybridized carbons (Fsp3) is 0.462. The lowest BCUT2D eigenvalue weighted by Crippen LogP contribution is -2.34. The van der Waals surface area contributed by atoms with E-state index in [1.807, 2.05) is 26.8 Å². The highest BCUT2D eigenvalue weighted by atomic mass is 32.2. The Labute approximate surface area is 219 Å². The quantitative estimate of drug-likeness (QED) is 0.330. The summed E-state index contributed by atoms with van der Waals surface area (Å²) >= 11 is 5.37. The van der Waals surface area contributed by atoms with Crippen LogP contribution in [0.5, 0.6) is 0 Å². The summed E-state index contributed by atoms with van der Waals surface area (Å²) in [5.74, 6) is -0.947. The van der Waals surface area contributed by atoms with Gasteiger partial charge in [0.05, 0.1) is 17.4 Å². The van der Waals surface area contributed by atoms with Gasteiger partial charge in [-0.2, -0.15) is 0 Å². The number of hydrogen-bond acceptors (Lipinski definition) is 5. The van der Waals surface area contributed by atoms with Crippen molar-refractivity contribution in [2.24, 2.45) is 5.41 Å². The molecule has 36 heavy (non-hydrogen) atoms. The molecule has 0 aliphatic heterocycles. The number of anilines is 1. The first-order valence-electron chi connectivity index (χ1n) is 11.5. The second-order valence-corrected chi connectivity index (χ2v) is 12.9. The maximum Gasteiger partial charge on any atom is 0.311 e. The van der Waals surface area contributed by atoms with Gasteiger partial charge in [-0.05, 0) is 72.8 Å². The second kappa shape index (κ2) is 11.6. The van der Waals surface area contributed by atoms with Crippen LogP contribution in [0.3, 0.4) is 0 Å². The summed E-state index contributed by atoms with van der Waals surface area (Å²) < 4.78 is 44.5. The van der Waals surface area contributed by atoms with Crippen LogP contribution in [0, 0.1) is 11.2 Å². The van der Waals surface area contributed by atoms with Crippen molar-refractivity contribution in [3.63, 3.8) is 0 Å². The Morgan fingerprint density at radius 1 is 0.972 bits per heavy atom. The molecule has 10 heteroatoms. The number of sulfonamides is 1. The summed E-state index contributed by atoms with van der Waals surface area (Å²) in [5, 5.41) is 6.52. The van der Waals surface area contributed by atoms with Crippen molar-refractivity contribution in [3.05, 3.63) is 64.5 Å². The highest BCUT2D eigenvalue weighted by Gasteiger charge is 2.24. The average Bonchev–Trinajstić information content (AvgIpc) is 2.74. The molecule has 198 valence electrons. The first-order chi connectivity index (χ1) is 16.5. The summed E-state index contributed by atoms with van der Waals surface area (Å²) in [7, 11) is -3.57. The van der Waals surface area contributed by atoms with Crippen LogP contribution < -0.4 is 15.4 Å². The Hall–Kier alpha value is -2.72. The molecule has 3 N–H and O–H groups in total. The molecule has 7 nitrogen and oxygen atoms in total. The number of carbonyl (C=O) groups excluding carboxylic acids is 1.